The van der Waals surface area contributed by atoms with E-state index < -0.39 is 17.2 Å². The first-order valence-electron chi connectivity index (χ1n) is 5.45. The predicted octanol–water partition coefficient (Wildman–Crippen LogP) is 1.20. The summed E-state index contributed by atoms with van der Waals surface area (Å²) >= 11 is 0. The standard InChI is InChI=1S/C12H16F2N2O2/c1-12(2,15)11(17)16-3-4-18-10-6-8(13)5-9(14)7-10/h5-7H,3-4,15H2,1-2H3,(H,16,17). The lowest BCUT2D eigenvalue weighted by Crippen LogP contribution is -2.49. The summed E-state index contributed by atoms with van der Waals surface area (Å²) in [7, 11) is 0. The second-order valence-electron chi connectivity index (χ2n) is 4.43. The third kappa shape index (κ3) is 4.67. The maximum Gasteiger partial charge on any atom is 0.239 e. The molecular weight excluding hydrogens is 242 g/mol. The smallest absolute Gasteiger partial charge is 0.239 e. The third-order valence-corrected chi connectivity index (χ3v) is 2.08. The molecular formula is C12H16F2N2O2. The van der Waals surface area contributed by atoms with Crippen molar-refractivity contribution in [3.8, 4) is 5.75 Å². The number of amides is 1. The van der Waals surface area contributed by atoms with Gasteiger partial charge < -0.3 is 15.8 Å². The molecule has 0 fully saturated rings. The van der Waals surface area contributed by atoms with E-state index in [-0.39, 0.29) is 24.8 Å². The molecule has 0 spiro atoms. The Labute approximate surface area is 104 Å². The van der Waals surface area contributed by atoms with E-state index in [0.717, 1.165) is 18.2 Å². The number of carbonyl (C=O) groups is 1. The van der Waals surface area contributed by atoms with E-state index in [9.17, 15) is 13.6 Å². The van der Waals surface area contributed by atoms with Crippen LogP contribution in [0.5, 0.6) is 5.75 Å². The van der Waals surface area contributed by atoms with Crippen LogP contribution in [0.3, 0.4) is 0 Å². The molecule has 1 aromatic carbocycles. The average Bonchev–Trinajstić information content (AvgIpc) is 2.21. The monoisotopic (exact) mass is 258 g/mol. The van der Waals surface area contributed by atoms with Gasteiger partial charge in [0.2, 0.25) is 5.91 Å². The highest BCUT2D eigenvalue weighted by Crippen LogP contribution is 2.14. The first kappa shape index (κ1) is 14.4. The molecule has 3 N–H and O–H groups in total. The third-order valence-electron chi connectivity index (χ3n) is 2.08. The molecule has 1 aromatic rings. The van der Waals surface area contributed by atoms with Crippen LogP contribution in [0.15, 0.2) is 18.2 Å². The van der Waals surface area contributed by atoms with E-state index in [1.165, 1.54) is 0 Å². The summed E-state index contributed by atoms with van der Waals surface area (Å²) in [6.45, 7) is 3.46. The number of halogens is 2. The fourth-order valence-electron chi connectivity index (χ4n) is 1.17. The Morgan fingerprint density at radius 1 is 1.33 bits per heavy atom. The number of ether oxygens (including phenoxy) is 1. The summed E-state index contributed by atoms with van der Waals surface area (Å²) in [5.74, 6) is -1.67. The Balaban J connectivity index is 2.36. The number of hydrogen-bond acceptors (Lipinski definition) is 3. The van der Waals surface area contributed by atoms with Crippen molar-refractivity contribution in [2.24, 2.45) is 5.73 Å². The van der Waals surface area contributed by atoms with Gasteiger partial charge in [0.15, 0.2) is 0 Å². The lowest BCUT2D eigenvalue weighted by Gasteiger charge is -2.17. The van der Waals surface area contributed by atoms with Gasteiger partial charge in [-0.05, 0) is 13.8 Å². The Kier molecular flexibility index (Phi) is 4.61. The van der Waals surface area contributed by atoms with Crippen molar-refractivity contribution in [1.29, 1.82) is 0 Å². The molecule has 0 aliphatic heterocycles. The molecule has 100 valence electrons. The van der Waals surface area contributed by atoms with Crippen molar-refractivity contribution in [3.05, 3.63) is 29.8 Å². The van der Waals surface area contributed by atoms with Crippen molar-refractivity contribution < 1.29 is 18.3 Å². The molecule has 0 atom stereocenters. The van der Waals surface area contributed by atoms with Gasteiger partial charge in [-0.15, -0.1) is 0 Å². The second kappa shape index (κ2) is 5.77. The maximum absolute atomic E-state index is 12.8. The molecule has 4 nitrogen and oxygen atoms in total. The first-order valence-corrected chi connectivity index (χ1v) is 5.45. The highest BCUT2D eigenvalue weighted by molar-refractivity contribution is 5.84. The number of benzene rings is 1. The van der Waals surface area contributed by atoms with Crippen LogP contribution in [0, 0.1) is 11.6 Å². The van der Waals surface area contributed by atoms with Gasteiger partial charge in [0.05, 0.1) is 12.1 Å². The van der Waals surface area contributed by atoms with E-state index in [4.69, 9.17) is 10.5 Å². The average molecular weight is 258 g/mol. The molecule has 0 unspecified atom stereocenters. The molecule has 1 amide bonds. The van der Waals surface area contributed by atoms with E-state index in [0.29, 0.717) is 0 Å². The zero-order valence-corrected chi connectivity index (χ0v) is 10.3. The number of nitrogens with one attached hydrogen (secondary N) is 1. The van der Waals surface area contributed by atoms with Crippen LogP contribution in [0.25, 0.3) is 0 Å². The van der Waals surface area contributed by atoms with Crippen molar-refractivity contribution in [3.63, 3.8) is 0 Å². The van der Waals surface area contributed by atoms with Crippen molar-refractivity contribution >= 4 is 5.91 Å². The zero-order chi connectivity index (χ0) is 13.8. The van der Waals surface area contributed by atoms with Gasteiger partial charge in [0.1, 0.15) is 24.0 Å². The number of hydrogen-bond donors (Lipinski definition) is 2. The molecule has 0 aliphatic carbocycles. The Hall–Kier alpha value is -1.69. The molecule has 0 aromatic heterocycles. The van der Waals surface area contributed by atoms with Crippen LogP contribution in [0.2, 0.25) is 0 Å². The lowest BCUT2D eigenvalue weighted by molar-refractivity contribution is -0.125. The zero-order valence-electron chi connectivity index (χ0n) is 10.3. The van der Waals surface area contributed by atoms with Gasteiger partial charge in [-0.3, -0.25) is 4.79 Å². The fraction of sp³-hybridized carbons (Fsp3) is 0.417. The van der Waals surface area contributed by atoms with Gasteiger partial charge in [-0.2, -0.15) is 0 Å². The van der Waals surface area contributed by atoms with Crippen LogP contribution in [-0.4, -0.2) is 24.6 Å². The molecule has 18 heavy (non-hydrogen) atoms. The van der Waals surface area contributed by atoms with Gasteiger partial charge in [0.25, 0.3) is 0 Å². The topological polar surface area (TPSA) is 64.4 Å². The quantitative estimate of drug-likeness (QED) is 0.780. The Bertz CT molecular complexity index is 410. The maximum atomic E-state index is 12.8. The van der Waals surface area contributed by atoms with Gasteiger partial charge >= 0.3 is 0 Å². The fourth-order valence-corrected chi connectivity index (χ4v) is 1.17. The van der Waals surface area contributed by atoms with Gasteiger partial charge in [-0.1, -0.05) is 0 Å². The molecule has 0 heterocycles. The summed E-state index contributed by atoms with van der Waals surface area (Å²) in [6, 6.07) is 2.89. The number of nitrogens with two attached hydrogens (primary N) is 1. The predicted molar refractivity (Wildman–Crippen MR) is 63.1 cm³/mol. The molecule has 0 radical (unpaired) electrons. The van der Waals surface area contributed by atoms with E-state index >= 15 is 0 Å². The molecule has 0 saturated heterocycles. The second-order valence-corrected chi connectivity index (χ2v) is 4.43. The number of rotatable bonds is 5. The highest BCUT2D eigenvalue weighted by Gasteiger charge is 2.20. The Morgan fingerprint density at radius 2 is 1.89 bits per heavy atom. The summed E-state index contributed by atoms with van der Waals surface area (Å²) in [4.78, 5) is 11.4. The van der Waals surface area contributed by atoms with Crippen LogP contribution in [0.4, 0.5) is 8.78 Å². The Morgan fingerprint density at radius 3 is 2.39 bits per heavy atom. The van der Waals surface area contributed by atoms with E-state index in [1.54, 1.807) is 13.8 Å². The largest absolute Gasteiger partial charge is 0.492 e. The van der Waals surface area contributed by atoms with Crippen LogP contribution >= 0.6 is 0 Å². The minimum Gasteiger partial charge on any atom is -0.492 e. The molecule has 0 bridgehead atoms. The lowest BCUT2D eigenvalue weighted by atomic mass is 10.1. The first-order chi connectivity index (χ1) is 8.29. The number of carbonyl (C=O) groups excluding carboxylic acids is 1. The summed E-state index contributed by atoms with van der Waals surface area (Å²) < 4.78 is 30.7. The van der Waals surface area contributed by atoms with Crippen molar-refractivity contribution in [1.82, 2.24) is 5.32 Å². The highest BCUT2D eigenvalue weighted by atomic mass is 19.1. The van der Waals surface area contributed by atoms with Crippen LogP contribution in [0.1, 0.15) is 13.8 Å². The van der Waals surface area contributed by atoms with Gasteiger partial charge in [0, 0.05) is 18.2 Å². The van der Waals surface area contributed by atoms with Gasteiger partial charge in [-0.25, -0.2) is 8.78 Å². The summed E-state index contributed by atoms with van der Waals surface area (Å²) in [5, 5.41) is 2.55. The van der Waals surface area contributed by atoms with Crippen LogP contribution < -0.4 is 15.8 Å². The molecule has 1 rings (SSSR count). The minimum absolute atomic E-state index is 0.0776. The van der Waals surface area contributed by atoms with Crippen molar-refractivity contribution in [2.75, 3.05) is 13.2 Å². The van der Waals surface area contributed by atoms with E-state index in [1.807, 2.05) is 0 Å². The summed E-state index contributed by atoms with van der Waals surface area (Å²) in [5.41, 5.74) is 4.59. The molecule has 6 heteroatoms. The normalized spacial score (nSPS) is 11.2. The SMILES string of the molecule is CC(C)(N)C(=O)NCCOc1cc(F)cc(F)c1. The van der Waals surface area contributed by atoms with Crippen LogP contribution in [-0.2, 0) is 4.79 Å². The summed E-state index contributed by atoms with van der Waals surface area (Å²) in [6.07, 6.45) is 0. The molecule has 0 aliphatic rings. The minimum atomic E-state index is -0.967. The molecule has 0 saturated carbocycles. The van der Waals surface area contributed by atoms with E-state index in [2.05, 4.69) is 5.32 Å². The van der Waals surface area contributed by atoms with Crippen molar-refractivity contribution in [2.45, 2.75) is 19.4 Å².